The molecule has 1 heterocycles. The Hall–Kier alpha value is -1.97. The van der Waals surface area contributed by atoms with Crippen molar-refractivity contribution >= 4 is 81.4 Å². The number of carbonyl (C=O) groups is 2. The van der Waals surface area contributed by atoms with Gasteiger partial charge in [0.05, 0.1) is 32.3 Å². The second kappa shape index (κ2) is 11.2. The molecule has 0 bridgehead atoms. The van der Waals surface area contributed by atoms with Gasteiger partial charge in [-0.2, -0.15) is 0 Å². The normalized spacial score (nSPS) is 10.8. The number of aromatic nitrogens is 3. The van der Waals surface area contributed by atoms with Gasteiger partial charge in [0.25, 0.3) is 0 Å². The molecule has 0 aliphatic carbocycles. The van der Waals surface area contributed by atoms with Gasteiger partial charge in [0.2, 0.25) is 11.8 Å². The summed E-state index contributed by atoms with van der Waals surface area (Å²) in [4.78, 5) is 24.7. The minimum absolute atomic E-state index is 0.0110. The van der Waals surface area contributed by atoms with Crippen molar-refractivity contribution in [1.82, 2.24) is 14.8 Å². The molecular weight excluding hydrogens is 516 g/mol. The van der Waals surface area contributed by atoms with E-state index in [1.54, 1.807) is 41.0 Å². The standard InChI is InChI=1S/C20H17Cl4N5O2S/c1-2-29-17(9-18(30)25-11-3-5-13(21)15(23)7-11)27-28-20(29)32-10-19(31)26-12-4-6-14(22)16(24)8-12/h3-8H,2,9-10H2,1H3,(H,25,30)(H,26,31). The number of hydrogen-bond donors (Lipinski definition) is 2. The molecule has 7 nitrogen and oxygen atoms in total. The maximum atomic E-state index is 12.4. The van der Waals surface area contributed by atoms with Crippen LogP contribution in [0.15, 0.2) is 41.6 Å². The Kier molecular flexibility index (Phi) is 8.67. The van der Waals surface area contributed by atoms with Gasteiger partial charge in [0.1, 0.15) is 5.82 Å². The van der Waals surface area contributed by atoms with E-state index in [9.17, 15) is 9.59 Å². The summed E-state index contributed by atoms with van der Waals surface area (Å²) in [6, 6.07) is 9.67. The highest BCUT2D eigenvalue weighted by molar-refractivity contribution is 7.99. The van der Waals surface area contributed by atoms with Crippen molar-refractivity contribution in [2.75, 3.05) is 16.4 Å². The van der Waals surface area contributed by atoms with Gasteiger partial charge in [0.15, 0.2) is 5.16 Å². The van der Waals surface area contributed by atoms with Gasteiger partial charge in [-0.25, -0.2) is 0 Å². The van der Waals surface area contributed by atoms with Crippen LogP contribution in [0.1, 0.15) is 12.7 Å². The molecule has 0 aliphatic rings. The summed E-state index contributed by atoms with van der Waals surface area (Å²) in [6.07, 6.45) is 0.0110. The SMILES string of the molecule is CCn1c(CC(=O)Nc2ccc(Cl)c(Cl)c2)nnc1SCC(=O)Nc1ccc(Cl)c(Cl)c1. The molecule has 0 unspecified atom stereocenters. The molecule has 0 atom stereocenters. The van der Waals surface area contributed by atoms with E-state index in [1.807, 2.05) is 6.92 Å². The molecule has 0 saturated heterocycles. The highest BCUT2D eigenvalue weighted by Crippen LogP contribution is 2.26. The van der Waals surface area contributed by atoms with E-state index in [4.69, 9.17) is 46.4 Å². The highest BCUT2D eigenvalue weighted by Gasteiger charge is 2.16. The summed E-state index contributed by atoms with van der Waals surface area (Å²) in [5, 5.41) is 15.8. The minimum atomic E-state index is -0.278. The lowest BCUT2D eigenvalue weighted by Crippen LogP contribution is -2.18. The third-order valence-electron chi connectivity index (χ3n) is 4.17. The van der Waals surface area contributed by atoms with Crippen LogP contribution in [0.2, 0.25) is 20.1 Å². The quantitative estimate of drug-likeness (QED) is 0.356. The lowest BCUT2D eigenvalue weighted by atomic mass is 10.3. The van der Waals surface area contributed by atoms with Crippen LogP contribution in [-0.2, 0) is 22.6 Å². The van der Waals surface area contributed by atoms with Crippen LogP contribution in [-0.4, -0.2) is 32.3 Å². The average Bonchev–Trinajstić information content (AvgIpc) is 3.13. The Bertz CT molecular complexity index is 1160. The van der Waals surface area contributed by atoms with E-state index in [2.05, 4.69) is 20.8 Å². The van der Waals surface area contributed by atoms with E-state index in [0.29, 0.717) is 49.0 Å². The Morgan fingerprint density at radius 3 is 1.97 bits per heavy atom. The van der Waals surface area contributed by atoms with Crippen LogP contribution in [0, 0.1) is 0 Å². The monoisotopic (exact) mass is 531 g/mol. The first-order valence-corrected chi connectivity index (χ1v) is 11.8. The van der Waals surface area contributed by atoms with Gasteiger partial charge in [-0.05, 0) is 43.3 Å². The Balaban J connectivity index is 1.58. The van der Waals surface area contributed by atoms with Crippen molar-refractivity contribution in [1.29, 1.82) is 0 Å². The van der Waals surface area contributed by atoms with Crippen molar-refractivity contribution in [2.24, 2.45) is 0 Å². The number of hydrogen-bond acceptors (Lipinski definition) is 5. The molecule has 2 aromatic carbocycles. The van der Waals surface area contributed by atoms with Crippen molar-refractivity contribution in [3.05, 3.63) is 62.3 Å². The number of halogens is 4. The molecule has 1 aromatic heterocycles. The lowest BCUT2D eigenvalue weighted by Gasteiger charge is -2.09. The summed E-state index contributed by atoms with van der Waals surface area (Å²) in [7, 11) is 0. The first kappa shape index (κ1) is 24.7. The Morgan fingerprint density at radius 2 is 1.44 bits per heavy atom. The van der Waals surface area contributed by atoms with Crippen molar-refractivity contribution < 1.29 is 9.59 Å². The van der Waals surface area contributed by atoms with E-state index in [-0.39, 0.29) is 24.0 Å². The molecule has 0 saturated carbocycles. The zero-order chi connectivity index (χ0) is 23.3. The predicted molar refractivity (Wildman–Crippen MR) is 130 cm³/mol. The average molecular weight is 533 g/mol. The number of anilines is 2. The summed E-state index contributed by atoms with van der Waals surface area (Å²) >= 11 is 24.9. The van der Waals surface area contributed by atoms with E-state index >= 15 is 0 Å². The van der Waals surface area contributed by atoms with Crippen LogP contribution in [0.4, 0.5) is 11.4 Å². The van der Waals surface area contributed by atoms with Gasteiger partial charge in [-0.1, -0.05) is 58.2 Å². The Morgan fingerprint density at radius 1 is 0.875 bits per heavy atom. The van der Waals surface area contributed by atoms with E-state index < -0.39 is 0 Å². The molecule has 0 aliphatic heterocycles. The molecule has 12 heteroatoms. The van der Waals surface area contributed by atoms with Crippen molar-refractivity contribution in [3.63, 3.8) is 0 Å². The number of benzene rings is 2. The van der Waals surface area contributed by atoms with Crippen LogP contribution < -0.4 is 10.6 Å². The molecule has 2 amide bonds. The summed E-state index contributed by atoms with van der Waals surface area (Å²) in [6.45, 7) is 2.45. The van der Waals surface area contributed by atoms with Gasteiger partial charge >= 0.3 is 0 Å². The fraction of sp³-hybridized carbons (Fsp3) is 0.200. The number of amides is 2. The summed E-state index contributed by atoms with van der Waals surface area (Å²) in [5.74, 6) is 0.0724. The van der Waals surface area contributed by atoms with Gasteiger partial charge in [-0.15, -0.1) is 10.2 Å². The lowest BCUT2D eigenvalue weighted by molar-refractivity contribution is -0.116. The number of nitrogens with zero attached hydrogens (tertiary/aromatic N) is 3. The number of thioether (sulfide) groups is 1. The molecule has 2 N–H and O–H groups in total. The molecular formula is C20H17Cl4N5O2S. The molecule has 3 aromatic rings. The molecule has 0 fully saturated rings. The third kappa shape index (κ3) is 6.52. The van der Waals surface area contributed by atoms with E-state index in [1.165, 1.54) is 11.8 Å². The second-order valence-corrected chi connectivity index (χ2v) is 9.03. The summed E-state index contributed by atoms with van der Waals surface area (Å²) < 4.78 is 1.78. The fourth-order valence-electron chi connectivity index (χ4n) is 2.70. The Labute approximate surface area is 208 Å². The smallest absolute Gasteiger partial charge is 0.234 e. The first-order valence-electron chi connectivity index (χ1n) is 9.31. The van der Waals surface area contributed by atoms with Gasteiger partial charge in [0, 0.05) is 17.9 Å². The predicted octanol–water partition coefficient (Wildman–Crippen LogP) is 5.82. The van der Waals surface area contributed by atoms with Crippen LogP contribution >= 0.6 is 58.2 Å². The van der Waals surface area contributed by atoms with Crippen LogP contribution in [0.5, 0.6) is 0 Å². The van der Waals surface area contributed by atoms with Crippen molar-refractivity contribution in [2.45, 2.75) is 25.0 Å². The first-order chi connectivity index (χ1) is 15.3. The minimum Gasteiger partial charge on any atom is -0.326 e. The number of nitrogens with one attached hydrogen (secondary N) is 2. The fourth-order valence-corrected chi connectivity index (χ4v) is 4.12. The molecule has 0 radical (unpaired) electrons. The molecule has 0 spiro atoms. The second-order valence-electron chi connectivity index (χ2n) is 6.46. The van der Waals surface area contributed by atoms with Gasteiger partial charge in [-0.3, -0.25) is 9.59 Å². The number of carbonyl (C=O) groups excluding carboxylic acids is 2. The molecule has 168 valence electrons. The van der Waals surface area contributed by atoms with Gasteiger partial charge < -0.3 is 15.2 Å². The highest BCUT2D eigenvalue weighted by atomic mass is 35.5. The van der Waals surface area contributed by atoms with Crippen LogP contribution in [0.3, 0.4) is 0 Å². The molecule has 3 rings (SSSR count). The van der Waals surface area contributed by atoms with E-state index in [0.717, 1.165) is 0 Å². The maximum absolute atomic E-state index is 12.4. The number of rotatable bonds is 8. The largest absolute Gasteiger partial charge is 0.326 e. The van der Waals surface area contributed by atoms with Crippen molar-refractivity contribution in [3.8, 4) is 0 Å². The summed E-state index contributed by atoms with van der Waals surface area (Å²) in [5.41, 5.74) is 1.07. The molecule has 32 heavy (non-hydrogen) atoms. The maximum Gasteiger partial charge on any atom is 0.234 e. The third-order valence-corrected chi connectivity index (χ3v) is 6.61. The zero-order valence-corrected chi connectivity index (χ0v) is 20.5. The zero-order valence-electron chi connectivity index (χ0n) is 16.7. The van der Waals surface area contributed by atoms with Crippen LogP contribution in [0.25, 0.3) is 0 Å². The topological polar surface area (TPSA) is 88.9 Å².